The number of rotatable bonds is 1. The molecule has 2 aromatic carbocycles. The lowest BCUT2D eigenvalue weighted by Gasteiger charge is -2.04. The third-order valence-corrected chi connectivity index (χ3v) is 2.80. The van der Waals surface area contributed by atoms with E-state index >= 15 is 0 Å². The molecular formula is C15H9F2N. The van der Waals surface area contributed by atoms with Gasteiger partial charge in [0.1, 0.15) is 11.6 Å². The Bertz CT molecular complexity index is 702. The number of hydrogen-bond acceptors (Lipinski definition) is 1. The summed E-state index contributed by atoms with van der Waals surface area (Å²) in [4.78, 5) is 4.20. The molecular weight excluding hydrogens is 232 g/mol. The standard InChI is InChI=1S/C15H9F2N/c16-13-7-12(8-14(17)9-13)10-3-4-15-11(6-10)2-1-5-18-15/h1-9H. The molecule has 0 atom stereocenters. The smallest absolute Gasteiger partial charge is 0.126 e. The summed E-state index contributed by atoms with van der Waals surface area (Å²) in [6.45, 7) is 0. The third-order valence-electron chi connectivity index (χ3n) is 2.80. The molecule has 3 rings (SSSR count). The highest BCUT2D eigenvalue weighted by Crippen LogP contribution is 2.24. The predicted molar refractivity (Wildman–Crippen MR) is 67.1 cm³/mol. The molecule has 0 amide bonds. The molecule has 0 saturated carbocycles. The van der Waals surface area contributed by atoms with E-state index in [1.807, 2.05) is 30.3 Å². The second-order valence-electron chi connectivity index (χ2n) is 4.07. The molecule has 0 saturated heterocycles. The van der Waals surface area contributed by atoms with Crippen molar-refractivity contribution in [3.63, 3.8) is 0 Å². The zero-order valence-corrected chi connectivity index (χ0v) is 9.40. The molecule has 1 heterocycles. The van der Waals surface area contributed by atoms with Gasteiger partial charge in [0.05, 0.1) is 5.52 Å². The van der Waals surface area contributed by atoms with E-state index in [1.54, 1.807) is 6.20 Å². The van der Waals surface area contributed by atoms with Crippen molar-refractivity contribution in [3.8, 4) is 11.1 Å². The van der Waals surface area contributed by atoms with E-state index in [2.05, 4.69) is 4.98 Å². The van der Waals surface area contributed by atoms with Gasteiger partial charge in [-0.15, -0.1) is 0 Å². The fourth-order valence-electron chi connectivity index (χ4n) is 1.98. The summed E-state index contributed by atoms with van der Waals surface area (Å²) in [7, 11) is 0. The first-order valence-electron chi connectivity index (χ1n) is 5.54. The number of benzene rings is 2. The maximum Gasteiger partial charge on any atom is 0.126 e. The Morgan fingerprint density at radius 1 is 0.778 bits per heavy atom. The van der Waals surface area contributed by atoms with Gasteiger partial charge in [0.2, 0.25) is 0 Å². The molecule has 1 aromatic heterocycles. The Labute approximate surface area is 103 Å². The second-order valence-corrected chi connectivity index (χ2v) is 4.07. The highest BCUT2D eigenvalue weighted by molar-refractivity contribution is 5.84. The van der Waals surface area contributed by atoms with Crippen molar-refractivity contribution in [2.75, 3.05) is 0 Å². The Morgan fingerprint density at radius 2 is 1.56 bits per heavy atom. The summed E-state index contributed by atoms with van der Waals surface area (Å²) in [5, 5.41) is 0.944. The average Bonchev–Trinajstić information content (AvgIpc) is 2.37. The van der Waals surface area contributed by atoms with E-state index in [0.717, 1.165) is 22.5 Å². The van der Waals surface area contributed by atoms with Crippen LogP contribution < -0.4 is 0 Å². The van der Waals surface area contributed by atoms with E-state index in [9.17, 15) is 8.78 Å². The van der Waals surface area contributed by atoms with Gasteiger partial charge in [0, 0.05) is 17.6 Å². The average molecular weight is 241 g/mol. The van der Waals surface area contributed by atoms with Crippen LogP contribution in [0.2, 0.25) is 0 Å². The van der Waals surface area contributed by atoms with E-state index in [4.69, 9.17) is 0 Å². The normalized spacial score (nSPS) is 10.8. The van der Waals surface area contributed by atoms with Crippen LogP contribution in [0, 0.1) is 11.6 Å². The Hall–Kier alpha value is -2.29. The second kappa shape index (κ2) is 4.18. The number of hydrogen-bond donors (Lipinski definition) is 0. The van der Waals surface area contributed by atoms with Gasteiger partial charge in [-0.2, -0.15) is 0 Å². The molecule has 0 aliphatic carbocycles. The zero-order valence-electron chi connectivity index (χ0n) is 9.40. The van der Waals surface area contributed by atoms with Crippen LogP contribution in [0.3, 0.4) is 0 Å². The van der Waals surface area contributed by atoms with E-state index < -0.39 is 11.6 Å². The minimum absolute atomic E-state index is 0.526. The number of halogens is 2. The van der Waals surface area contributed by atoms with Crippen LogP contribution in [-0.4, -0.2) is 4.98 Å². The van der Waals surface area contributed by atoms with Gasteiger partial charge >= 0.3 is 0 Å². The van der Waals surface area contributed by atoms with Crippen LogP contribution in [0.4, 0.5) is 8.78 Å². The maximum absolute atomic E-state index is 13.2. The first-order valence-corrected chi connectivity index (χ1v) is 5.54. The van der Waals surface area contributed by atoms with Crippen LogP contribution >= 0.6 is 0 Å². The van der Waals surface area contributed by atoms with Crippen LogP contribution in [-0.2, 0) is 0 Å². The predicted octanol–water partition coefficient (Wildman–Crippen LogP) is 4.18. The fraction of sp³-hybridized carbons (Fsp3) is 0. The van der Waals surface area contributed by atoms with Crippen LogP contribution in [0.5, 0.6) is 0 Å². The largest absolute Gasteiger partial charge is 0.256 e. The first-order chi connectivity index (χ1) is 8.72. The summed E-state index contributed by atoms with van der Waals surface area (Å²) >= 11 is 0. The number of aromatic nitrogens is 1. The van der Waals surface area contributed by atoms with E-state index in [1.165, 1.54) is 12.1 Å². The number of nitrogens with zero attached hydrogens (tertiary/aromatic N) is 1. The highest BCUT2D eigenvalue weighted by Gasteiger charge is 2.04. The fourth-order valence-corrected chi connectivity index (χ4v) is 1.98. The lowest BCUT2D eigenvalue weighted by atomic mass is 10.0. The molecule has 0 unspecified atom stereocenters. The molecule has 0 aliphatic heterocycles. The molecule has 1 nitrogen and oxygen atoms in total. The molecule has 0 bridgehead atoms. The minimum Gasteiger partial charge on any atom is -0.256 e. The van der Waals surface area contributed by atoms with Crippen molar-refractivity contribution in [3.05, 3.63) is 66.4 Å². The van der Waals surface area contributed by atoms with Crippen molar-refractivity contribution in [2.45, 2.75) is 0 Å². The van der Waals surface area contributed by atoms with Gasteiger partial charge in [0.15, 0.2) is 0 Å². The monoisotopic (exact) mass is 241 g/mol. The van der Waals surface area contributed by atoms with Crippen LogP contribution in [0.15, 0.2) is 54.7 Å². The molecule has 0 N–H and O–H groups in total. The summed E-state index contributed by atoms with van der Waals surface area (Å²) < 4.78 is 26.4. The van der Waals surface area contributed by atoms with Crippen molar-refractivity contribution in [1.82, 2.24) is 4.98 Å². The summed E-state index contributed by atoms with van der Waals surface area (Å²) in [6.07, 6.45) is 1.71. The first kappa shape index (κ1) is 10.8. The molecule has 0 aliphatic rings. The molecule has 0 spiro atoms. The van der Waals surface area contributed by atoms with Crippen molar-refractivity contribution in [1.29, 1.82) is 0 Å². The Morgan fingerprint density at radius 3 is 2.33 bits per heavy atom. The number of pyridine rings is 1. The number of fused-ring (bicyclic) bond motifs is 1. The van der Waals surface area contributed by atoms with Crippen molar-refractivity contribution >= 4 is 10.9 Å². The summed E-state index contributed by atoms with van der Waals surface area (Å²) in [5.41, 5.74) is 2.16. The van der Waals surface area contributed by atoms with Gasteiger partial charge < -0.3 is 0 Å². The SMILES string of the molecule is Fc1cc(F)cc(-c2ccc3ncccc3c2)c1. The van der Waals surface area contributed by atoms with Gasteiger partial charge in [-0.05, 0) is 41.5 Å². The topological polar surface area (TPSA) is 12.9 Å². The van der Waals surface area contributed by atoms with Gasteiger partial charge in [0.25, 0.3) is 0 Å². The van der Waals surface area contributed by atoms with Crippen molar-refractivity contribution < 1.29 is 8.78 Å². The molecule has 3 heteroatoms. The van der Waals surface area contributed by atoms with Crippen LogP contribution in [0.1, 0.15) is 0 Å². The summed E-state index contributed by atoms with van der Waals surface area (Å²) in [5.74, 6) is -1.15. The maximum atomic E-state index is 13.2. The van der Waals surface area contributed by atoms with Gasteiger partial charge in [-0.25, -0.2) is 8.78 Å². The lowest BCUT2D eigenvalue weighted by molar-refractivity contribution is 0.584. The van der Waals surface area contributed by atoms with E-state index in [-0.39, 0.29) is 0 Å². The Kier molecular flexibility index (Phi) is 2.52. The molecule has 0 fully saturated rings. The molecule has 18 heavy (non-hydrogen) atoms. The minimum atomic E-state index is -0.573. The molecule has 88 valence electrons. The zero-order chi connectivity index (χ0) is 12.5. The molecule has 0 radical (unpaired) electrons. The van der Waals surface area contributed by atoms with Gasteiger partial charge in [-0.1, -0.05) is 12.1 Å². The summed E-state index contributed by atoms with van der Waals surface area (Å²) in [6, 6.07) is 12.8. The quantitative estimate of drug-likeness (QED) is 0.622. The lowest BCUT2D eigenvalue weighted by Crippen LogP contribution is -1.85. The van der Waals surface area contributed by atoms with Crippen molar-refractivity contribution in [2.24, 2.45) is 0 Å². The van der Waals surface area contributed by atoms with Crippen LogP contribution in [0.25, 0.3) is 22.0 Å². The highest BCUT2D eigenvalue weighted by atomic mass is 19.1. The van der Waals surface area contributed by atoms with Gasteiger partial charge in [-0.3, -0.25) is 4.98 Å². The van der Waals surface area contributed by atoms with E-state index in [0.29, 0.717) is 5.56 Å². The third kappa shape index (κ3) is 1.95. The Balaban J connectivity index is 2.19. The molecule has 3 aromatic rings.